The fraction of sp³-hybridized carbons (Fsp3) is 0.467. The molecule has 2 saturated heterocycles. The Bertz CT molecular complexity index is 963. The van der Waals surface area contributed by atoms with Crippen molar-refractivity contribution in [3.05, 3.63) is 16.3 Å². The summed E-state index contributed by atoms with van der Waals surface area (Å²) in [6, 6.07) is -1.21. The van der Waals surface area contributed by atoms with E-state index in [4.69, 9.17) is 16.2 Å². The Kier molecular flexibility index (Phi) is 4.61. The number of anilines is 1. The molecule has 3 aliphatic rings. The molecule has 29 heavy (non-hydrogen) atoms. The van der Waals surface area contributed by atoms with E-state index in [-0.39, 0.29) is 41.9 Å². The average molecular weight is 440 g/mol. The fourth-order valence-electron chi connectivity index (χ4n) is 4.17. The van der Waals surface area contributed by atoms with Crippen LogP contribution in [0.5, 0.6) is 0 Å². The van der Waals surface area contributed by atoms with E-state index >= 15 is 0 Å². The summed E-state index contributed by atoms with van der Waals surface area (Å²) in [5, 5.41) is 16.6. The van der Waals surface area contributed by atoms with Crippen molar-refractivity contribution in [2.24, 2.45) is 11.7 Å². The van der Waals surface area contributed by atoms with E-state index in [0.29, 0.717) is 5.01 Å². The van der Waals surface area contributed by atoms with Crippen LogP contribution in [0.2, 0.25) is 0 Å². The molecule has 12 nitrogen and oxygen atoms in total. The Labute approximate surface area is 172 Å². The molecular weight excluding hydrogens is 424 g/mol. The zero-order valence-corrected chi connectivity index (χ0v) is 16.4. The highest BCUT2D eigenvalue weighted by Gasteiger charge is 2.64. The van der Waals surface area contributed by atoms with Gasteiger partial charge >= 0.3 is 12.1 Å². The van der Waals surface area contributed by atoms with Gasteiger partial charge in [0, 0.05) is 12.5 Å². The molecule has 3 aliphatic heterocycles. The molecule has 1 aromatic rings. The number of hydrogen-bond acceptors (Lipinski definition) is 10. The Balaban J connectivity index is 1.59. The SMILES string of the molecule is NC(=O)OCC1=C(C(=O)O)N2C(=O)[C@@H]3[C@H]2[C@H](C1)CN3C(=O)C(S)c1nnc(N)s1. The summed E-state index contributed by atoms with van der Waals surface area (Å²) in [6.45, 7) is -0.101. The Morgan fingerprint density at radius 3 is 2.69 bits per heavy atom. The molecule has 0 spiro atoms. The molecule has 2 fully saturated rings. The van der Waals surface area contributed by atoms with Crippen molar-refractivity contribution in [3.8, 4) is 0 Å². The molecule has 0 saturated carbocycles. The largest absolute Gasteiger partial charge is 0.477 e. The third-order valence-electron chi connectivity index (χ3n) is 5.24. The van der Waals surface area contributed by atoms with Crippen LogP contribution in [-0.2, 0) is 19.1 Å². The topological polar surface area (TPSA) is 182 Å². The summed E-state index contributed by atoms with van der Waals surface area (Å²) in [5.74, 6) is -2.43. The van der Waals surface area contributed by atoms with Crippen LogP contribution in [-0.4, -0.2) is 74.2 Å². The molecule has 1 unspecified atom stereocenters. The second-order valence-corrected chi connectivity index (χ2v) is 8.40. The highest BCUT2D eigenvalue weighted by Crippen LogP contribution is 2.48. The molecule has 1 aromatic heterocycles. The third-order valence-corrected chi connectivity index (χ3v) is 6.70. The van der Waals surface area contributed by atoms with E-state index < -0.39 is 41.2 Å². The highest BCUT2D eigenvalue weighted by molar-refractivity contribution is 7.81. The van der Waals surface area contributed by atoms with Gasteiger partial charge in [-0.1, -0.05) is 11.3 Å². The lowest BCUT2D eigenvalue weighted by Crippen LogP contribution is -2.69. The lowest BCUT2D eigenvalue weighted by molar-refractivity contribution is -0.160. The number of aliphatic carboxylic acids is 1. The maximum atomic E-state index is 13.0. The maximum Gasteiger partial charge on any atom is 0.404 e. The lowest BCUT2D eigenvalue weighted by atomic mass is 9.79. The molecule has 4 atom stereocenters. The molecule has 4 rings (SSSR count). The van der Waals surface area contributed by atoms with E-state index in [1.165, 1.54) is 9.80 Å². The van der Waals surface area contributed by atoms with Crippen molar-refractivity contribution < 1.29 is 29.0 Å². The number of β-lactam (4-membered cyclic amide) rings is 1. The molecular formula is C15H16N6O6S2. The fourth-order valence-corrected chi connectivity index (χ4v) is 5.12. The van der Waals surface area contributed by atoms with Gasteiger partial charge in [0.15, 0.2) is 0 Å². The Hall–Kier alpha value is -2.87. The summed E-state index contributed by atoms with van der Waals surface area (Å²) in [4.78, 5) is 51.0. The second-order valence-electron chi connectivity index (χ2n) is 6.84. The first kappa shape index (κ1) is 19.4. The average Bonchev–Trinajstić information content (AvgIpc) is 3.25. The van der Waals surface area contributed by atoms with E-state index in [1.807, 2.05) is 0 Å². The van der Waals surface area contributed by atoms with E-state index in [2.05, 4.69) is 22.8 Å². The normalized spacial score (nSPS) is 26.1. The quantitative estimate of drug-likeness (QED) is 0.328. The van der Waals surface area contributed by atoms with Crippen molar-refractivity contribution in [1.82, 2.24) is 20.0 Å². The lowest BCUT2D eigenvalue weighted by Gasteiger charge is -2.49. The number of aromatic nitrogens is 2. The minimum Gasteiger partial charge on any atom is -0.477 e. The number of thiol groups is 1. The summed E-state index contributed by atoms with van der Waals surface area (Å²) >= 11 is 5.34. The second kappa shape index (κ2) is 6.88. The van der Waals surface area contributed by atoms with E-state index in [9.17, 15) is 24.3 Å². The summed E-state index contributed by atoms with van der Waals surface area (Å²) in [5.41, 5.74) is 10.6. The third kappa shape index (κ3) is 2.98. The summed E-state index contributed by atoms with van der Waals surface area (Å²) in [7, 11) is 0. The number of rotatable bonds is 5. The van der Waals surface area contributed by atoms with Gasteiger partial charge in [0.05, 0.1) is 6.04 Å². The summed E-state index contributed by atoms with van der Waals surface area (Å²) < 4.78 is 4.75. The molecule has 0 radical (unpaired) electrons. The van der Waals surface area contributed by atoms with E-state index in [1.54, 1.807) is 0 Å². The maximum absolute atomic E-state index is 13.0. The first-order valence-electron chi connectivity index (χ1n) is 8.48. The number of amides is 3. The van der Waals surface area contributed by atoms with Crippen LogP contribution in [0.25, 0.3) is 0 Å². The zero-order chi connectivity index (χ0) is 21.0. The van der Waals surface area contributed by atoms with Crippen LogP contribution in [0.15, 0.2) is 11.3 Å². The number of ether oxygens (including phenoxy) is 1. The number of likely N-dealkylation sites (tertiary alicyclic amines) is 1. The number of nitrogens with two attached hydrogens (primary N) is 2. The molecule has 14 heteroatoms. The van der Waals surface area contributed by atoms with Crippen LogP contribution >= 0.6 is 24.0 Å². The van der Waals surface area contributed by atoms with Crippen molar-refractivity contribution in [2.75, 3.05) is 18.9 Å². The van der Waals surface area contributed by atoms with Gasteiger partial charge in [0.2, 0.25) is 11.0 Å². The molecule has 4 heterocycles. The van der Waals surface area contributed by atoms with Gasteiger partial charge < -0.3 is 26.2 Å². The molecule has 0 aliphatic carbocycles. The number of primary amides is 1. The predicted octanol–water partition coefficient (Wildman–Crippen LogP) is -1.03. The minimum absolute atomic E-state index is 0.197. The standard InChI is InChI=1S/C15H16N6O6S2/c16-14-19-18-10(29-14)9(28)12(23)20-2-4-1-5(3-27-15(17)26)7(13(24)25)21-6(4)8(20)11(21)22/h4,6,8-9,28H,1-3H2,(H2,16,19)(H2,17,26)(H,24,25)/t4-,6-,8+,9?/m1/s1. The zero-order valence-electron chi connectivity index (χ0n) is 14.7. The van der Waals surface area contributed by atoms with Gasteiger partial charge in [0.25, 0.3) is 5.91 Å². The smallest absolute Gasteiger partial charge is 0.404 e. The van der Waals surface area contributed by atoms with Crippen LogP contribution < -0.4 is 11.5 Å². The molecule has 0 aromatic carbocycles. The van der Waals surface area contributed by atoms with Crippen molar-refractivity contribution >= 4 is 53.0 Å². The number of carboxylic acids is 1. The molecule has 3 amide bonds. The van der Waals surface area contributed by atoms with Gasteiger partial charge in [-0.2, -0.15) is 12.6 Å². The minimum atomic E-state index is -1.31. The Morgan fingerprint density at radius 1 is 1.38 bits per heavy atom. The Morgan fingerprint density at radius 2 is 2.10 bits per heavy atom. The van der Waals surface area contributed by atoms with Crippen molar-refractivity contribution in [3.63, 3.8) is 0 Å². The van der Waals surface area contributed by atoms with Gasteiger partial charge in [0.1, 0.15) is 28.6 Å². The molecule has 154 valence electrons. The van der Waals surface area contributed by atoms with Gasteiger partial charge in [-0.25, -0.2) is 9.59 Å². The first-order valence-corrected chi connectivity index (χ1v) is 9.82. The first-order chi connectivity index (χ1) is 13.7. The van der Waals surface area contributed by atoms with Crippen LogP contribution in [0.3, 0.4) is 0 Å². The number of nitrogen functional groups attached to an aromatic ring is 1. The molecule has 0 bridgehead atoms. The number of carboxylic acid groups (broad SMARTS) is 1. The van der Waals surface area contributed by atoms with Crippen molar-refractivity contribution in [1.29, 1.82) is 0 Å². The number of nitrogens with zero attached hydrogens (tertiary/aromatic N) is 4. The van der Waals surface area contributed by atoms with Crippen LogP contribution in [0, 0.1) is 5.92 Å². The van der Waals surface area contributed by atoms with Gasteiger partial charge in [-0.3, -0.25) is 14.5 Å². The number of carbonyl (C=O) groups excluding carboxylic acids is 3. The van der Waals surface area contributed by atoms with Crippen LogP contribution in [0.4, 0.5) is 9.93 Å². The summed E-state index contributed by atoms with van der Waals surface area (Å²) in [6.07, 6.45) is -0.790. The van der Waals surface area contributed by atoms with Gasteiger partial charge in [-0.15, -0.1) is 10.2 Å². The van der Waals surface area contributed by atoms with Crippen molar-refractivity contribution in [2.45, 2.75) is 23.8 Å². The van der Waals surface area contributed by atoms with Crippen LogP contribution in [0.1, 0.15) is 16.7 Å². The molecule has 5 N–H and O–H groups in total. The van der Waals surface area contributed by atoms with E-state index in [0.717, 1.165) is 11.3 Å². The predicted molar refractivity (Wildman–Crippen MR) is 100 cm³/mol. The monoisotopic (exact) mass is 440 g/mol. The van der Waals surface area contributed by atoms with Gasteiger partial charge in [-0.05, 0) is 12.0 Å². The number of hydrogen-bond donors (Lipinski definition) is 4. The number of carbonyl (C=O) groups is 4. The highest BCUT2D eigenvalue weighted by atomic mass is 32.1.